The van der Waals surface area contributed by atoms with Crippen molar-refractivity contribution in [2.75, 3.05) is 18.0 Å². The van der Waals surface area contributed by atoms with Crippen LogP contribution in [0.5, 0.6) is 0 Å². The van der Waals surface area contributed by atoms with Crippen LogP contribution in [0.15, 0.2) is 60.7 Å². The third-order valence-corrected chi connectivity index (χ3v) is 4.78. The van der Waals surface area contributed by atoms with Crippen molar-refractivity contribution in [3.05, 3.63) is 66.2 Å². The maximum Gasteiger partial charge on any atom is 0.305 e. The van der Waals surface area contributed by atoms with Crippen molar-refractivity contribution in [1.29, 1.82) is 0 Å². The van der Waals surface area contributed by atoms with Crippen LogP contribution in [-0.2, 0) is 4.79 Å². The van der Waals surface area contributed by atoms with E-state index in [4.69, 9.17) is 0 Å². The molecule has 2 aromatic rings. The van der Waals surface area contributed by atoms with Crippen molar-refractivity contribution >= 4 is 17.6 Å². The average Bonchev–Trinajstić information content (AvgIpc) is 2.64. The van der Waals surface area contributed by atoms with Gasteiger partial charge in [-0.05, 0) is 31.2 Å². The van der Waals surface area contributed by atoms with Gasteiger partial charge in [0.25, 0.3) is 5.91 Å². The molecule has 0 spiro atoms. The van der Waals surface area contributed by atoms with Gasteiger partial charge in [-0.3, -0.25) is 9.59 Å². The minimum atomic E-state index is -0.891. The Labute approximate surface area is 147 Å². The summed E-state index contributed by atoms with van der Waals surface area (Å²) in [6.45, 7) is 3.18. The van der Waals surface area contributed by atoms with Crippen LogP contribution in [0.4, 0.5) is 5.69 Å². The quantitative estimate of drug-likeness (QED) is 0.931. The van der Waals surface area contributed by atoms with Gasteiger partial charge in [0.15, 0.2) is 0 Å². The summed E-state index contributed by atoms with van der Waals surface area (Å²) in [5.74, 6) is -0.996. The molecule has 5 heteroatoms. The highest BCUT2D eigenvalue weighted by atomic mass is 16.4. The molecular formula is C20H22N2O3. The van der Waals surface area contributed by atoms with E-state index in [-0.39, 0.29) is 24.4 Å². The van der Waals surface area contributed by atoms with Gasteiger partial charge >= 0.3 is 5.97 Å². The van der Waals surface area contributed by atoms with Gasteiger partial charge in [0, 0.05) is 30.4 Å². The number of carbonyl (C=O) groups excluding carboxylic acids is 1. The summed E-state index contributed by atoms with van der Waals surface area (Å²) in [5.41, 5.74) is 1.65. The number of para-hydroxylation sites is 1. The van der Waals surface area contributed by atoms with Crippen molar-refractivity contribution in [3.8, 4) is 0 Å². The summed E-state index contributed by atoms with van der Waals surface area (Å²) >= 11 is 0. The molecule has 1 N–H and O–H groups in total. The van der Waals surface area contributed by atoms with Gasteiger partial charge in [-0.2, -0.15) is 0 Å². The predicted molar refractivity (Wildman–Crippen MR) is 96.8 cm³/mol. The number of hydrogen-bond donors (Lipinski definition) is 1. The lowest BCUT2D eigenvalue weighted by atomic mass is 9.97. The topological polar surface area (TPSA) is 60.9 Å². The standard InChI is InChI=1S/C20H22N2O3/c1-15-18(14-19(23)24)22(20(25)16-8-4-2-5-9-16)13-12-21(15)17-10-6-3-7-11-17/h2-11,15,18H,12-14H2,1H3,(H,23,24)/t15-,18+/m0/s1. The minimum Gasteiger partial charge on any atom is -0.481 e. The van der Waals surface area contributed by atoms with Gasteiger partial charge in [0.1, 0.15) is 0 Å². The molecule has 130 valence electrons. The second-order valence-electron chi connectivity index (χ2n) is 6.30. The summed E-state index contributed by atoms with van der Waals surface area (Å²) in [7, 11) is 0. The molecule has 1 saturated heterocycles. The Balaban J connectivity index is 1.87. The maximum atomic E-state index is 12.9. The van der Waals surface area contributed by atoms with Crippen molar-refractivity contribution in [2.45, 2.75) is 25.4 Å². The lowest BCUT2D eigenvalue weighted by Crippen LogP contribution is -2.60. The molecule has 3 rings (SSSR count). The Morgan fingerprint density at radius 2 is 1.60 bits per heavy atom. The van der Waals surface area contributed by atoms with Crippen molar-refractivity contribution < 1.29 is 14.7 Å². The summed E-state index contributed by atoms with van der Waals surface area (Å²) in [5, 5.41) is 9.35. The molecule has 0 bridgehead atoms. The van der Waals surface area contributed by atoms with E-state index in [2.05, 4.69) is 4.90 Å². The fraction of sp³-hybridized carbons (Fsp3) is 0.300. The van der Waals surface area contributed by atoms with Crippen molar-refractivity contribution in [3.63, 3.8) is 0 Å². The number of hydrogen-bond acceptors (Lipinski definition) is 3. The molecule has 5 nitrogen and oxygen atoms in total. The maximum absolute atomic E-state index is 12.9. The molecule has 0 unspecified atom stereocenters. The molecule has 1 heterocycles. The molecule has 0 radical (unpaired) electrons. The van der Waals surface area contributed by atoms with Gasteiger partial charge in [-0.25, -0.2) is 0 Å². The normalized spacial score (nSPS) is 20.4. The molecule has 0 aromatic heterocycles. The first-order chi connectivity index (χ1) is 12.1. The first kappa shape index (κ1) is 17.0. The summed E-state index contributed by atoms with van der Waals surface area (Å²) < 4.78 is 0. The third kappa shape index (κ3) is 3.65. The van der Waals surface area contributed by atoms with E-state index in [0.29, 0.717) is 18.7 Å². The van der Waals surface area contributed by atoms with Crippen molar-refractivity contribution in [2.24, 2.45) is 0 Å². The molecule has 1 fully saturated rings. The molecular weight excluding hydrogens is 316 g/mol. The molecule has 2 atom stereocenters. The number of anilines is 1. The fourth-order valence-corrected chi connectivity index (χ4v) is 3.50. The number of amides is 1. The van der Waals surface area contributed by atoms with E-state index >= 15 is 0 Å². The minimum absolute atomic E-state index is 0.0664. The molecule has 1 amide bonds. The average molecular weight is 338 g/mol. The van der Waals surface area contributed by atoms with E-state index in [9.17, 15) is 14.7 Å². The van der Waals surface area contributed by atoms with Gasteiger partial charge < -0.3 is 14.9 Å². The van der Waals surface area contributed by atoms with E-state index in [1.165, 1.54) is 0 Å². The number of piperazine rings is 1. The van der Waals surface area contributed by atoms with Gasteiger partial charge in [0.05, 0.1) is 12.5 Å². The Kier molecular flexibility index (Phi) is 5.03. The first-order valence-electron chi connectivity index (χ1n) is 8.47. The Bertz CT molecular complexity index is 733. The van der Waals surface area contributed by atoms with Crippen LogP contribution in [-0.4, -0.2) is 47.1 Å². The zero-order valence-electron chi connectivity index (χ0n) is 14.2. The lowest BCUT2D eigenvalue weighted by molar-refractivity contribution is -0.138. The Morgan fingerprint density at radius 3 is 2.20 bits per heavy atom. The molecule has 2 aromatic carbocycles. The number of aliphatic carboxylic acids is 1. The van der Waals surface area contributed by atoms with E-state index in [1.807, 2.05) is 55.5 Å². The van der Waals surface area contributed by atoms with Gasteiger partial charge in [-0.1, -0.05) is 36.4 Å². The number of carboxylic acid groups (broad SMARTS) is 1. The Morgan fingerprint density at radius 1 is 1.00 bits per heavy atom. The zero-order chi connectivity index (χ0) is 17.8. The second kappa shape index (κ2) is 7.38. The second-order valence-corrected chi connectivity index (χ2v) is 6.30. The van der Waals surface area contributed by atoms with Gasteiger partial charge in [0.2, 0.25) is 0 Å². The van der Waals surface area contributed by atoms with Crippen molar-refractivity contribution in [1.82, 2.24) is 4.90 Å². The summed E-state index contributed by atoms with van der Waals surface area (Å²) in [6, 6.07) is 18.5. The molecule has 1 aliphatic heterocycles. The summed E-state index contributed by atoms with van der Waals surface area (Å²) in [4.78, 5) is 28.2. The third-order valence-electron chi connectivity index (χ3n) is 4.78. The van der Waals surface area contributed by atoms with Crippen LogP contribution in [0.3, 0.4) is 0 Å². The molecule has 0 saturated carbocycles. The highest BCUT2D eigenvalue weighted by Crippen LogP contribution is 2.27. The number of rotatable bonds is 4. The first-order valence-corrected chi connectivity index (χ1v) is 8.47. The lowest BCUT2D eigenvalue weighted by Gasteiger charge is -2.47. The summed E-state index contributed by atoms with van der Waals surface area (Å²) in [6.07, 6.45) is -0.0664. The molecule has 0 aliphatic carbocycles. The Hall–Kier alpha value is -2.82. The molecule has 1 aliphatic rings. The number of nitrogens with zero attached hydrogens (tertiary/aromatic N) is 2. The highest BCUT2D eigenvalue weighted by Gasteiger charge is 2.37. The fourth-order valence-electron chi connectivity index (χ4n) is 3.50. The van der Waals surface area contributed by atoms with Crippen LogP contribution in [0, 0.1) is 0 Å². The number of benzene rings is 2. The zero-order valence-corrected chi connectivity index (χ0v) is 14.2. The molecule has 25 heavy (non-hydrogen) atoms. The van der Waals surface area contributed by atoms with Crippen LogP contribution in [0.1, 0.15) is 23.7 Å². The largest absolute Gasteiger partial charge is 0.481 e. The number of carbonyl (C=O) groups is 2. The van der Waals surface area contributed by atoms with E-state index < -0.39 is 5.97 Å². The van der Waals surface area contributed by atoms with E-state index in [0.717, 1.165) is 5.69 Å². The van der Waals surface area contributed by atoms with Crippen LogP contribution >= 0.6 is 0 Å². The monoisotopic (exact) mass is 338 g/mol. The SMILES string of the molecule is C[C@H]1[C@@H](CC(=O)O)N(C(=O)c2ccccc2)CCN1c1ccccc1. The predicted octanol–water partition coefficient (Wildman–Crippen LogP) is 2.88. The van der Waals surface area contributed by atoms with Crippen LogP contribution in [0.25, 0.3) is 0 Å². The van der Waals surface area contributed by atoms with E-state index in [1.54, 1.807) is 17.0 Å². The highest BCUT2D eigenvalue weighted by molar-refractivity contribution is 5.95. The van der Waals surface area contributed by atoms with Crippen LogP contribution < -0.4 is 4.90 Å². The number of carboxylic acids is 1. The van der Waals surface area contributed by atoms with Gasteiger partial charge in [-0.15, -0.1) is 0 Å². The van der Waals surface area contributed by atoms with Crippen LogP contribution in [0.2, 0.25) is 0 Å². The smallest absolute Gasteiger partial charge is 0.305 e.